The van der Waals surface area contributed by atoms with E-state index in [1.54, 1.807) is 17.0 Å². The SMILES string of the molecule is CC[C@H](C)NC(=O)[C@H](Cc1ccccc1)N(Cc1ccc(Cl)cc1)C(=O)COc1ccc(C)c(C)c1. The molecule has 0 aromatic heterocycles. The van der Waals surface area contributed by atoms with Crippen molar-refractivity contribution in [2.24, 2.45) is 0 Å². The number of hydrogen-bond donors (Lipinski definition) is 1. The summed E-state index contributed by atoms with van der Waals surface area (Å²) in [6, 6.07) is 22.1. The first-order valence-corrected chi connectivity index (χ1v) is 12.7. The van der Waals surface area contributed by atoms with Crippen molar-refractivity contribution >= 4 is 23.4 Å². The summed E-state index contributed by atoms with van der Waals surface area (Å²) in [5.74, 6) is 0.187. The van der Waals surface area contributed by atoms with Gasteiger partial charge in [-0.2, -0.15) is 0 Å². The van der Waals surface area contributed by atoms with Gasteiger partial charge in [0.2, 0.25) is 5.91 Å². The summed E-state index contributed by atoms with van der Waals surface area (Å²) in [6.45, 7) is 8.11. The number of nitrogens with one attached hydrogen (secondary N) is 1. The summed E-state index contributed by atoms with van der Waals surface area (Å²) in [4.78, 5) is 28.7. The number of carbonyl (C=O) groups excluding carboxylic acids is 2. The van der Waals surface area contributed by atoms with Crippen LogP contribution in [-0.4, -0.2) is 35.4 Å². The number of hydrogen-bond acceptors (Lipinski definition) is 3. The van der Waals surface area contributed by atoms with Crippen molar-refractivity contribution in [1.29, 1.82) is 0 Å². The van der Waals surface area contributed by atoms with Crippen molar-refractivity contribution in [3.8, 4) is 5.75 Å². The molecule has 0 fully saturated rings. The molecule has 36 heavy (non-hydrogen) atoms. The third-order valence-electron chi connectivity index (χ3n) is 6.38. The van der Waals surface area contributed by atoms with Gasteiger partial charge in [0.1, 0.15) is 11.8 Å². The summed E-state index contributed by atoms with van der Waals surface area (Å²) < 4.78 is 5.88. The maximum absolute atomic E-state index is 13.6. The summed E-state index contributed by atoms with van der Waals surface area (Å²) >= 11 is 6.08. The van der Waals surface area contributed by atoms with Crippen LogP contribution in [0.1, 0.15) is 42.5 Å². The molecule has 0 aliphatic heterocycles. The Kier molecular flexibility index (Phi) is 9.95. The lowest BCUT2D eigenvalue weighted by Crippen LogP contribution is -2.53. The maximum Gasteiger partial charge on any atom is 0.261 e. The summed E-state index contributed by atoms with van der Waals surface area (Å²) in [7, 11) is 0. The summed E-state index contributed by atoms with van der Waals surface area (Å²) in [6.07, 6.45) is 1.19. The van der Waals surface area contributed by atoms with Gasteiger partial charge in [-0.15, -0.1) is 0 Å². The first kappa shape index (κ1) is 27.3. The van der Waals surface area contributed by atoms with E-state index < -0.39 is 6.04 Å². The molecule has 0 saturated carbocycles. The van der Waals surface area contributed by atoms with Gasteiger partial charge in [-0.3, -0.25) is 9.59 Å². The molecule has 0 bridgehead atoms. The monoisotopic (exact) mass is 506 g/mol. The Morgan fingerprint density at radius 2 is 1.64 bits per heavy atom. The van der Waals surface area contributed by atoms with Crippen LogP contribution in [0, 0.1) is 13.8 Å². The van der Waals surface area contributed by atoms with E-state index in [0.717, 1.165) is 28.7 Å². The Morgan fingerprint density at radius 1 is 0.944 bits per heavy atom. The lowest BCUT2D eigenvalue weighted by atomic mass is 10.0. The molecule has 0 unspecified atom stereocenters. The number of amides is 2. The van der Waals surface area contributed by atoms with E-state index >= 15 is 0 Å². The highest BCUT2D eigenvalue weighted by atomic mass is 35.5. The minimum atomic E-state index is -0.701. The second-order valence-electron chi connectivity index (χ2n) is 9.21. The zero-order chi connectivity index (χ0) is 26.1. The molecule has 3 rings (SSSR count). The van der Waals surface area contributed by atoms with Crippen molar-refractivity contribution < 1.29 is 14.3 Å². The lowest BCUT2D eigenvalue weighted by molar-refractivity contribution is -0.143. The van der Waals surface area contributed by atoms with Crippen LogP contribution in [0.2, 0.25) is 5.02 Å². The Labute approximate surface area is 219 Å². The Bertz CT molecular complexity index is 1150. The van der Waals surface area contributed by atoms with E-state index in [4.69, 9.17) is 16.3 Å². The summed E-state index contributed by atoms with van der Waals surface area (Å²) in [5.41, 5.74) is 4.11. The van der Waals surface area contributed by atoms with Gasteiger partial charge in [0.05, 0.1) is 0 Å². The Balaban J connectivity index is 1.90. The van der Waals surface area contributed by atoms with Crippen LogP contribution >= 0.6 is 11.6 Å². The third-order valence-corrected chi connectivity index (χ3v) is 6.63. The number of halogens is 1. The molecule has 1 N–H and O–H groups in total. The molecule has 0 heterocycles. The number of carbonyl (C=O) groups is 2. The third kappa shape index (κ3) is 7.85. The quantitative estimate of drug-likeness (QED) is 0.352. The molecule has 0 aliphatic carbocycles. The summed E-state index contributed by atoms with van der Waals surface area (Å²) in [5, 5.41) is 3.69. The first-order valence-electron chi connectivity index (χ1n) is 12.3. The van der Waals surface area contributed by atoms with Gasteiger partial charge in [-0.25, -0.2) is 0 Å². The van der Waals surface area contributed by atoms with Crippen LogP contribution < -0.4 is 10.1 Å². The molecular formula is C30H35ClN2O3. The second-order valence-corrected chi connectivity index (χ2v) is 9.64. The molecule has 5 nitrogen and oxygen atoms in total. The van der Waals surface area contributed by atoms with Gasteiger partial charge >= 0.3 is 0 Å². The maximum atomic E-state index is 13.6. The molecule has 0 aliphatic rings. The van der Waals surface area contributed by atoms with Crippen LogP contribution in [0.4, 0.5) is 0 Å². The highest BCUT2D eigenvalue weighted by Crippen LogP contribution is 2.19. The minimum absolute atomic E-state index is 0.00459. The van der Waals surface area contributed by atoms with Crippen molar-refractivity contribution in [1.82, 2.24) is 10.2 Å². The van der Waals surface area contributed by atoms with E-state index in [1.165, 1.54) is 0 Å². The molecule has 0 saturated heterocycles. The fourth-order valence-corrected chi connectivity index (χ4v) is 3.94. The Morgan fingerprint density at radius 3 is 2.28 bits per heavy atom. The van der Waals surface area contributed by atoms with E-state index in [-0.39, 0.29) is 31.0 Å². The molecule has 2 atom stereocenters. The second kappa shape index (κ2) is 13.1. The zero-order valence-electron chi connectivity index (χ0n) is 21.5. The predicted octanol–water partition coefficient (Wildman–Crippen LogP) is 5.89. The fourth-order valence-electron chi connectivity index (χ4n) is 3.81. The van der Waals surface area contributed by atoms with Crippen molar-refractivity contribution in [3.05, 3.63) is 100 Å². The first-order chi connectivity index (χ1) is 17.3. The van der Waals surface area contributed by atoms with Gasteiger partial charge in [-0.05, 0) is 73.7 Å². The zero-order valence-corrected chi connectivity index (χ0v) is 22.2. The highest BCUT2D eigenvalue weighted by Gasteiger charge is 2.31. The van der Waals surface area contributed by atoms with E-state index in [0.29, 0.717) is 17.2 Å². The van der Waals surface area contributed by atoms with Gasteiger partial charge in [-0.1, -0.05) is 67.1 Å². The van der Waals surface area contributed by atoms with Crippen LogP contribution in [-0.2, 0) is 22.6 Å². The van der Waals surface area contributed by atoms with Gasteiger partial charge in [0, 0.05) is 24.0 Å². The van der Waals surface area contributed by atoms with Crippen molar-refractivity contribution in [2.75, 3.05) is 6.61 Å². The fraction of sp³-hybridized carbons (Fsp3) is 0.333. The van der Waals surface area contributed by atoms with Gasteiger partial charge < -0.3 is 15.0 Å². The molecular weight excluding hydrogens is 472 g/mol. The topological polar surface area (TPSA) is 58.6 Å². The lowest BCUT2D eigenvalue weighted by Gasteiger charge is -2.32. The average molecular weight is 507 g/mol. The van der Waals surface area contributed by atoms with E-state index in [9.17, 15) is 9.59 Å². The molecule has 3 aromatic rings. The van der Waals surface area contributed by atoms with E-state index in [2.05, 4.69) is 5.32 Å². The number of rotatable bonds is 11. The highest BCUT2D eigenvalue weighted by molar-refractivity contribution is 6.30. The number of aryl methyl sites for hydroxylation is 2. The van der Waals surface area contributed by atoms with Crippen molar-refractivity contribution in [2.45, 2.75) is 59.2 Å². The van der Waals surface area contributed by atoms with Crippen molar-refractivity contribution in [3.63, 3.8) is 0 Å². The standard InChI is InChI=1S/C30H35ClN2O3/c1-5-23(4)32-30(35)28(18-24-9-7-6-8-10-24)33(19-25-12-14-26(31)15-13-25)29(34)20-36-27-16-11-21(2)22(3)17-27/h6-17,23,28H,5,18-20H2,1-4H3,(H,32,35)/t23-,28-/m0/s1. The largest absolute Gasteiger partial charge is 0.484 e. The normalized spacial score (nSPS) is 12.5. The smallest absolute Gasteiger partial charge is 0.261 e. The van der Waals surface area contributed by atoms with Crippen LogP contribution in [0.5, 0.6) is 5.75 Å². The molecule has 3 aromatic carbocycles. The Hall–Kier alpha value is -3.31. The van der Waals surface area contributed by atoms with Crippen LogP contribution in [0.3, 0.4) is 0 Å². The number of nitrogens with zero attached hydrogens (tertiary/aromatic N) is 1. The van der Waals surface area contributed by atoms with Crippen LogP contribution in [0.15, 0.2) is 72.8 Å². The molecule has 0 radical (unpaired) electrons. The van der Waals surface area contributed by atoms with Gasteiger partial charge in [0.15, 0.2) is 6.61 Å². The average Bonchev–Trinajstić information content (AvgIpc) is 2.88. The molecule has 0 spiro atoms. The number of ether oxygens (including phenoxy) is 1. The van der Waals surface area contributed by atoms with E-state index in [1.807, 2.05) is 88.4 Å². The molecule has 2 amide bonds. The number of benzene rings is 3. The minimum Gasteiger partial charge on any atom is -0.484 e. The molecule has 6 heteroatoms. The predicted molar refractivity (Wildman–Crippen MR) is 145 cm³/mol. The van der Waals surface area contributed by atoms with Crippen LogP contribution in [0.25, 0.3) is 0 Å². The molecule has 190 valence electrons. The van der Waals surface area contributed by atoms with Gasteiger partial charge in [0.25, 0.3) is 5.91 Å².